The highest BCUT2D eigenvalue weighted by molar-refractivity contribution is 5.93. The van der Waals surface area contributed by atoms with Gasteiger partial charge in [0, 0.05) is 30.3 Å². The van der Waals surface area contributed by atoms with E-state index in [2.05, 4.69) is 9.88 Å². The number of hydrogen-bond acceptors (Lipinski definition) is 4. The van der Waals surface area contributed by atoms with Crippen molar-refractivity contribution in [2.24, 2.45) is 11.1 Å². The van der Waals surface area contributed by atoms with Crippen molar-refractivity contribution >= 4 is 11.7 Å². The largest absolute Gasteiger partial charge is 0.396 e. The van der Waals surface area contributed by atoms with E-state index in [9.17, 15) is 14.3 Å². The fraction of sp³-hybridized carbons (Fsp3) is 0.368. The number of halogens is 1. The Kier molecular flexibility index (Phi) is 4.99. The molecule has 1 aromatic heterocycles. The third-order valence-corrected chi connectivity index (χ3v) is 4.84. The summed E-state index contributed by atoms with van der Waals surface area (Å²) < 4.78 is 13.1. The number of hydrogen-bond donors (Lipinski definition) is 2. The minimum Gasteiger partial charge on any atom is -0.396 e. The molecule has 1 amide bonds. The van der Waals surface area contributed by atoms with Crippen LogP contribution in [0.15, 0.2) is 42.6 Å². The normalized spacial score (nSPS) is 20.5. The minimum atomic E-state index is -0.486. The van der Waals surface area contributed by atoms with E-state index in [4.69, 9.17) is 5.73 Å². The number of amides is 1. The monoisotopic (exact) mass is 343 g/mol. The number of aromatic nitrogens is 1. The molecule has 3 rings (SSSR count). The molecule has 2 heterocycles. The highest BCUT2D eigenvalue weighted by Crippen LogP contribution is 2.35. The number of anilines is 1. The lowest BCUT2D eigenvalue weighted by molar-refractivity contribution is 0.0999. The van der Waals surface area contributed by atoms with E-state index in [1.807, 2.05) is 0 Å². The van der Waals surface area contributed by atoms with Gasteiger partial charge in [-0.25, -0.2) is 9.37 Å². The summed E-state index contributed by atoms with van der Waals surface area (Å²) in [5, 5.41) is 10.1. The maximum absolute atomic E-state index is 13.1. The van der Waals surface area contributed by atoms with Crippen LogP contribution in [-0.4, -0.2) is 35.7 Å². The average molecular weight is 343 g/mol. The highest BCUT2D eigenvalue weighted by atomic mass is 19.1. The van der Waals surface area contributed by atoms with Crippen LogP contribution in [0, 0.1) is 11.2 Å². The Bertz CT molecular complexity index is 751. The van der Waals surface area contributed by atoms with Gasteiger partial charge in [0.25, 0.3) is 0 Å². The lowest BCUT2D eigenvalue weighted by Crippen LogP contribution is -2.47. The standard InChI is InChI=1S/C19H22FN3O2/c20-16-4-2-14(3-5-16)11-19(13-24)7-1-9-23(12-19)17-10-15(18(21)25)6-8-22-17/h2-6,8,10,24H,1,7,9,11-13H2,(H2,21,25)/t19-/m1/s1. The van der Waals surface area contributed by atoms with E-state index in [1.165, 1.54) is 12.1 Å². The molecule has 1 aromatic carbocycles. The zero-order valence-electron chi connectivity index (χ0n) is 14.0. The number of aliphatic hydroxyl groups excluding tert-OH is 1. The Balaban J connectivity index is 1.81. The SMILES string of the molecule is NC(=O)c1ccnc(N2CCC[C@@](CO)(Cc3ccc(F)cc3)C2)c1. The van der Waals surface area contributed by atoms with Gasteiger partial charge in [-0.3, -0.25) is 4.79 Å². The Morgan fingerprint density at radius 3 is 2.76 bits per heavy atom. The molecular formula is C19H22FN3O2. The van der Waals surface area contributed by atoms with Crippen LogP contribution < -0.4 is 10.6 Å². The van der Waals surface area contributed by atoms with Crippen molar-refractivity contribution in [2.75, 3.05) is 24.6 Å². The van der Waals surface area contributed by atoms with Crippen LogP contribution in [0.25, 0.3) is 0 Å². The van der Waals surface area contributed by atoms with Crippen molar-refractivity contribution in [3.8, 4) is 0 Å². The lowest BCUT2D eigenvalue weighted by atomic mass is 9.75. The van der Waals surface area contributed by atoms with Crippen LogP contribution in [0.1, 0.15) is 28.8 Å². The van der Waals surface area contributed by atoms with E-state index < -0.39 is 5.91 Å². The fourth-order valence-corrected chi connectivity index (χ4v) is 3.51. The van der Waals surface area contributed by atoms with Crippen LogP contribution in [0.5, 0.6) is 0 Å². The lowest BCUT2D eigenvalue weighted by Gasteiger charge is -2.42. The number of piperidine rings is 1. The van der Waals surface area contributed by atoms with Gasteiger partial charge >= 0.3 is 0 Å². The number of aliphatic hydroxyl groups is 1. The molecule has 0 radical (unpaired) electrons. The van der Waals surface area contributed by atoms with Gasteiger partial charge in [-0.2, -0.15) is 0 Å². The summed E-state index contributed by atoms with van der Waals surface area (Å²) in [5.41, 5.74) is 6.45. The van der Waals surface area contributed by atoms with E-state index in [-0.39, 0.29) is 17.8 Å². The molecule has 6 heteroatoms. The molecule has 3 N–H and O–H groups in total. The zero-order chi connectivity index (χ0) is 17.9. The van der Waals surface area contributed by atoms with Crippen LogP contribution >= 0.6 is 0 Å². The van der Waals surface area contributed by atoms with Crippen molar-refractivity contribution < 1.29 is 14.3 Å². The van der Waals surface area contributed by atoms with Gasteiger partial charge < -0.3 is 15.7 Å². The fourth-order valence-electron chi connectivity index (χ4n) is 3.51. The van der Waals surface area contributed by atoms with E-state index in [0.717, 1.165) is 24.9 Å². The maximum Gasteiger partial charge on any atom is 0.248 e. The summed E-state index contributed by atoms with van der Waals surface area (Å²) in [5.74, 6) is -0.0622. The van der Waals surface area contributed by atoms with Crippen LogP contribution in [0.3, 0.4) is 0 Å². The van der Waals surface area contributed by atoms with Gasteiger partial charge in [-0.05, 0) is 49.1 Å². The second kappa shape index (κ2) is 7.19. The number of nitrogens with zero attached hydrogens (tertiary/aromatic N) is 2. The number of carbonyl (C=O) groups excluding carboxylic acids is 1. The second-order valence-corrected chi connectivity index (χ2v) is 6.75. The van der Waals surface area contributed by atoms with Gasteiger partial charge in [-0.15, -0.1) is 0 Å². The molecule has 0 aliphatic carbocycles. The first kappa shape index (κ1) is 17.4. The molecule has 0 bridgehead atoms. The van der Waals surface area contributed by atoms with Crippen molar-refractivity contribution in [1.82, 2.24) is 4.98 Å². The van der Waals surface area contributed by atoms with Crippen LogP contribution in [-0.2, 0) is 6.42 Å². The second-order valence-electron chi connectivity index (χ2n) is 6.75. The molecule has 0 saturated carbocycles. The van der Waals surface area contributed by atoms with Crippen LogP contribution in [0.4, 0.5) is 10.2 Å². The summed E-state index contributed by atoms with van der Waals surface area (Å²) in [6.07, 6.45) is 4.03. The quantitative estimate of drug-likeness (QED) is 0.872. The molecular weight excluding hydrogens is 321 g/mol. The Labute approximate surface area is 146 Å². The van der Waals surface area contributed by atoms with E-state index in [0.29, 0.717) is 24.3 Å². The predicted octanol–water partition coefficient (Wildman–Crippen LogP) is 2.14. The number of primary amides is 1. The van der Waals surface area contributed by atoms with Gasteiger partial charge in [0.05, 0.1) is 6.61 Å². The van der Waals surface area contributed by atoms with Crippen molar-refractivity contribution in [3.63, 3.8) is 0 Å². The van der Waals surface area contributed by atoms with Gasteiger partial charge in [0.1, 0.15) is 11.6 Å². The summed E-state index contributed by atoms with van der Waals surface area (Å²) in [4.78, 5) is 17.8. The molecule has 5 nitrogen and oxygen atoms in total. The minimum absolute atomic E-state index is 0.0381. The van der Waals surface area contributed by atoms with E-state index in [1.54, 1.807) is 30.5 Å². The molecule has 132 valence electrons. The molecule has 1 aliphatic heterocycles. The summed E-state index contributed by atoms with van der Waals surface area (Å²) in [6, 6.07) is 9.69. The number of nitrogens with two attached hydrogens (primary N) is 1. The van der Waals surface area contributed by atoms with Crippen molar-refractivity contribution in [1.29, 1.82) is 0 Å². The highest BCUT2D eigenvalue weighted by Gasteiger charge is 2.35. The summed E-state index contributed by atoms with van der Waals surface area (Å²) in [7, 11) is 0. The molecule has 1 saturated heterocycles. The Morgan fingerprint density at radius 2 is 2.08 bits per heavy atom. The van der Waals surface area contributed by atoms with Crippen molar-refractivity contribution in [2.45, 2.75) is 19.3 Å². The Hall–Kier alpha value is -2.47. The van der Waals surface area contributed by atoms with Gasteiger partial charge in [-0.1, -0.05) is 12.1 Å². The summed E-state index contributed by atoms with van der Waals surface area (Å²) >= 11 is 0. The predicted molar refractivity (Wildman–Crippen MR) is 93.8 cm³/mol. The maximum atomic E-state index is 13.1. The first-order valence-electron chi connectivity index (χ1n) is 8.37. The van der Waals surface area contributed by atoms with Gasteiger partial charge in [0.15, 0.2) is 0 Å². The zero-order valence-corrected chi connectivity index (χ0v) is 14.0. The average Bonchev–Trinajstić information content (AvgIpc) is 2.64. The molecule has 2 aromatic rings. The van der Waals surface area contributed by atoms with Crippen molar-refractivity contribution in [3.05, 3.63) is 59.5 Å². The molecule has 0 unspecified atom stereocenters. The molecule has 0 spiro atoms. The number of pyridine rings is 1. The topological polar surface area (TPSA) is 79.5 Å². The molecule has 1 fully saturated rings. The number of rotatable bonds is 5. The van der Waals surface area contributed by atoms with Crippen LogP contribution in [0.2, 0.25) is 0 Å². The first-order valence-corrected chi connectivity index (χ1v) is 8.37. The third kappa shape index (κ3) is 3.96. The molecule has 1 aliphatic rings. The Morgan fingerprint density at radius 1 is 1.32 bits per heavy atom. The van der Waals surface area contributed by atoms with Gasteiger partial charge in [0.2, 0.25) is 5.91 Å². The molecule has 1 atom stereocenters. The third-order valence-electron chi connectivity index (χ3n) is 4.84. The number of benzene rings is 1. The smallest absolute Gasteiger partial charge is 0.248 e. The number of carbonyl (C=O) groups is 1. The first-order chi connectivity index (χ1) is 12.0. The molecule has 25 heavy (non-hydrogen) atoms. The summed E-state index contributed by atoms with van der Waals surface area (Å²) in [6.45, 7) is 1.47. The van der Waals surface area contributed by atoms with E-state index >= 15 is 0 Å².